The number of hydrazone groups is 1. The Bertz CT molecular complexity index is 940. The van der Waals surface area contributed by atoms with Gasteiger partial charge in [0.05, 0.1) is 24.8 Å². The quantitative estimate of drug-likeness (QED) is 0.542. The molecule has 28 heavy (non-hydrogen) atoms. The van der Waals surface area contributed by atoms with Gasteiger partial charge in [-0.15, -0.1) is 0 Å². The van der Waals surface area contributed by atoms with Crippen molar-refractivity contribution in [2.45, 2.75) is 26.8 Å². The van der Waals surface area contributed by atoms with Gasteiger partial charge in [0.2, 0.25) is 10.0 Å². The van der Waals surface area contributed by atoms with Gasteiger partial charge >= 0.3 is 0 Å². The normalized spacial score (nSPS) is 12.6. The lowest BCUT2D eigenvalue weighted by molar-refractivity contribution is -0.121. The number of sulfonamides is 1. The van der Waals surface area contributed by atoms with Crippen molar-refractivity contribution in [3.05, 3.63) is 59.7 Å². The van der Waals surface area contributed by atoms with E-state index in [1.807, 2.05) is 38.1 Å². The van der Waals surface area contributed by atoms with E-state index in [9.17, 15) is 13.2 Å². The maximum absolute atomic E-state index is 12.5. The minimum Gasteiger partial charge on any atom is -0.494 e. The molecule has 7 nitrogen and oxygen atoms in total. The molecule has 1 amide bonds. The molecule has 0 aliphatic rings. The summed E-state index contributed by atoms with van der Waals surface area (Å²) in [4.78, 5) is 12.5. The summed E-state index contributed by atoms with van der Waals surface area (Å²) < 4.78 is 31.0. The third kappa shape index (κ3) is 5.82. The van der Waals surface area contributed by atoms with Crippen LogP contribution in [0.4, 0.5) is 5.69 Å². The average molecular weight is 404 g/mol. The highest BCUT2D eigenvalue weighted by atomic mass is 32.2. The number of nitrogens with one attached hydrogen (secondary N) is 1. The molecule has 0 fully saturated rings. The van der Waals surface area contributed by atoms with Crippen LogP contribution < -0.4 is 14.5 Å². The summed E-state index contributed by atoms with van der Waals surface area (Å²) in [6.07, 6.45) is 2.57. The summed E-state index contributed by atoms with van der Waals surface area (Å²) in [5, 5.41) is 3.93. The topological polar surface area (TPSA) is 88.1 Å². The fourth-order valence-corrected chi connectivity index (χ4v) is 3.85. The van der Waals surface area contributed by atoms with Gasteiger partial charge < -0.3 is 4.74 Å². The SMILES string of the molecule is CCOc1ccc(N([C@H](C)C(=O)N/N=C\c2cccc(C)c2)S(C)(=O)=O)cc1. The number of hydrogen-bond donors (Lipinski definition) is 1. The van der Waals surface area contributed by atoms with Gasteiger partial charge in [0.25, 0.3) is 5.91 Å². The van der Waals surface area contributed by atoms with Crippen molar-refractivity contribution in [1.29, 1.82) is 0 Å². The van der Waals surface area contributed by atoms with Crippen LogP contribution in [0.2, 0.25) is 0 Å². The molecule has 0 bridgehead atoms. The Labute approximate surface area is 166 Å². The van der Waals surface area contributed by atoms with Crippen LogP contribution in [0.1, 0.15) is 25.0 Å². The number of amides is 1. The van der Waals surface area contributed by atoms with Gasteiger partial charge in [0.1, 0.15) is 11.8 Å². The van der Waals surface area contributed by atoms with E-state index in [1.54, 1.807) is 24.3 Å². The molecule has 2 aromatic carbocycles. The van der Waals surface area contributed by atoms with Gasteiger partial charge in [-0.05, 0) is 50.6 Å². The minimum atomic E-state index is -3.69. The molecule has 0 saturated carbocycles. The first-order valence-electron chi connectivity index (χ1n) is 8.84. The van der Waals surface area contributed by atoms with Crippen LogP contribution >= 0.6 is 0 Å². The summed E-state index contributed by atoms with van der Waals surface area (Å²) in [6, 6.07) is 13.2. The lowest BCUT2D eigenvalue weighted by Crippen LogP contribution is -2.46. The summed E-state index contributed by atoms with van der Waals surface area (Å²) in [5.41, 5.74) is 4.68. The predicted octanol–water partition coefficient (Wildman–Crippen LogP) is 2.70. The summed E-state index contributed by atoms with van der Waals surface area (Å²) in [6.45, 7) is 5.83. The van der Waals surface area contributed by atoms with Crippen molar-refractivity contribution >= 4 is 27.8 Å². The Hall–Kier alpha value is -2.87. The van der Waals surface area contributed by atoms with Crippen molar-refractivity contribution in [2.24, 2.45) is 5.10 Å². The van der Waals surface area contributed by atoms with E-state index in [4.69, 9.17) is 4.74 Å². The molecule has 0 aliphatic heterocycles. The molecule has 0 aliphatic carbocycles. The fraction of sp³-hybridized carbons (Fsp3) is 0.300. The van der Waals surface area contributed by atoms with E-state index in [-0.39, 0.29) is 0 Å². The summed E-state index contributed by atoms with van der Waals surface area (Å²) in [5.74, 6) is 0.0859. The molecule has 8 heteroatoms. The van der Waals surface area contributed by atoms with Crippen molar-refractivity contribution in [2.75, 3.05) is 17.2 Å². The van der Waals surface area contributed by atoms with Gasteiger partial charge in [0, 0.05) is 0 Å². The second-order valence-electron chi connectivity index (χ2n) is 6.31. The van der Waals surface area contributed by atoms with Crippen LogP contribution in [0.15, 0.2) is 53.6 Å². The Morgan fingerprint density at radius 1 is 1.25 bits per heavy atom. The van der Waals surface area contributed by atoms with E-state index in [1.165, 1.54) is 13.1 Å². The lowest BCUT2D eigenvalue weighted by Gasteiger charge is -2.27. The Balaban J connectivity index is 2.15. The van der Waals surface area contributed by atoms with E-state index >= 15 is 0 Å². The number of carbonyl (C=O) groups excluding carboxylic acids is 1. The van der Waals surface area contributed by atoms with Crippen molar-refractivity contribution in [1.82, 2.24) is 5.43 Å². The van der Waals surface area contributed by atoms with Crippen LogP contribution in [0.3, 0.4) is 0 Å². The lowest BCUT2D eigenvalue weighted by atomic mass is 10.2. The van der Waals surface area contributed by atoms with Crippen LogP contribution in [0, 0.1) is 6.92 Å². The van der Waals surface area contributed by atoms with Gasteiger partial charge in [-0.3, -0.25) is 9.10 Å². The van der Waals surface area contributed by atoms with E-state index in [0.29, 0.717) is 18.0 Å². The molecule has 0 unspecified atom stereocenters. The number of rotatable bonds is 8. The highest BCUT2D eigenvalue weighted by Crippen LogP contribution is 2.24. The highest BCUT2D eigenvalue weighted by molar-refractivity contribution is 7.92. The first-order chi connectivity index (χ1) is 13.2. The number of nitrogens with zero attached hydrogens (tertiary/aromatic N) is 2. The van der Waals surface area contributed by atoms with Crippen LogP contribution in [-0.2, 0) is 14.8 Å². The number of aryl methyl sites for hydroxylation is 1. The standard InChI is InChI=1S/C20H25N3O4S/c1-5-27-19-11-9-18(10-12-19)23(28(4,25)26)16(3)20(24)22-21-14-17-8-6-7-15(2)13-17/h6-14,16H,5H2,1-4H3,(H,22,24)/b21-14-/t16-/m1/s1. The molecule has 2 rings (SSSR count). The Morgan fingerprint density at radius 3 is 2.50 bits per heavy atom. The molecule has 0 heterocycles. The zero-order chi connectivity index (χ0) is 20.7. The Kier molecular flexibility index (Phi) is 7.17. The van der Waals surface area contributed by atoms with Gasteiger partial charge in [0.15, 0.2) is 0 Å². The summed E-state index contributed by atoms with van der Waals surface area (Å²) in [7, 11) is -3.69. The Morgan fingerprint density at radius 2 is 1.93 bits per heavy atom. The van der Waals surface area contributed by atoms with Gasteiger partial charge in [-0.1, -0.05) is 29.8 Å². The molecule has 1 atom stereocenters. The number of benzene rings is 2. The number of hydrogen-bond acceptors (Lipinski definition) is 5. The van der Waals surface area contributed by atoms with Gasteiger partial charge in [-0.25, -0.2) is 13.8 Å². The predicted molar refractivity (Wildman–Crippen MR) is 111 cm³/mol. The first kappa shape index (κ1) is 21.4. The minimum absolute atomic E-state index is 0.372. The highest BCUT2D eigenvalue weighted by Gasteiger charge is 2.29. The average Bonchev–Trinajstić information content (AvgIpc) is 2.62. The van der Waals surface area contributed by atoms with Crippen molar-refractivity contribution in [3.63, 3.8) is 0 Å². The molecule has 0 aromatic heterocycles. The monoisotopic (exact) mass is 403 g/mol. The van der Waals surface area contributed by atoms with Crippen molar-refractivity contribution < 1.29 is 17.9 Å². The van der Waals surface area contributed by atoms with E-state index < -0.39 is 22.0 Å². The zero-order valence-corrected chi connectivity index (χ0v) is 17.2. The smallest absolute Gasteiger partial charge is 0.263 e. The van der Waals surface area contributed by atoms with Gasteiger partial charge in [-0.2, -0.15) is 5.10 Å². The molecular formula is C20H25N3O4S. The van der Waals surface area contributed by atoms with Crippen LogP contribution in [0.5, 0.6) is 5.75 Å². The first-order valence-corrected chi connectivity index (χ1v) is 10.7. The van der Waals surface area contributed by atoms with Crippen molar-refractivity contribution in [3.8, 4) is 5.75 Å². The largest absolute Gasteiger partial charge is 0.494 e. The number of ether oxygens (including phenoxy) is 1. The second kappa shape index (κ2) is 9.36. The number of carbonyl (C=O) groups is 1. The third-order valence-corrected chi connectivity index (χ3v) is 5.16. The second-order valence-corrected chi connectivity index (χ2v) is 8.17. The molecular weight excluding hydrogens is 378 g/mol. The van der Waals surface area contributed by atoms with Crippen LogP contribution in [0.25, 0.3) is 0 Å². The molecule has 1 N–H and O–H groups in total. The molecule has 0 radical (unpaired) electrons. The fourth-order valence-electron chi connectivity index (χ4n) is 2.68. The maximum Gasteiger partial charge on any atom is 0.263 e. The van der Waals surface area contributed by atoms with E-state index in [0.717, 1.165) is 21.7 Å². The zero-order valence-electron chi connectivity index (χ0n) is 16.4. The molecule has 0 spiro atoms. The maximum atomic E-state index is 12.5. The van der Waals surface area contributed by atoms with E-state index in [2.05, 4.69) is 10.5 Å². The molecule has 2 aromatic rings. The third-order valence-electron chi connectivity index (χ3n) is 3.92. The van der Waals surface area contributed by atoms with Crippen LogP contribution in [-0.4, -0.2) is 39.4 Å². The molecule has 150 valence electrons. The number of anilines is 1. The summed E-state index contributed by atoms with van der Waals surface area (Å²) >= 11 is 0. The molecule has 0 saturated heterocycles.